The standard InChI is InChI=1S/C28H26F3N3O3/c1-19-16-22(6-10-24(19)36-15-3-13-34-14-12-32-26(34)18-35)17-25-20(2)33-27(37-25)11-7-21-4-8-23(9-5-21)28(29,30)31/h4-12,14,16,18H,3,13,15,17H2,1-2H3/b11-7+. The van der Waals surface area contributed by atoms with Crippen LogP contribution in [0.15, 0.2) is 59.3 Å². The van der Waals surface area contributed by atoms with Crippen LogP contribution >= 0.6 is 0 Å². The van der Waals surface area contributed by atoms with Gasteiger partial charge in [-0.1, -0.05) is 24.3 Å². The number of rotatable bonds is 10. The van der Waals surface area contributed by atoms with Gasteiger partial charge in [-0.05, 0) is 61.2 Å². The summed E-state index contributed by atoms with van der Waals surface area (Å²) in [5, 5.41) is 0. The predicted octanol–water partition coefficient (Wildman–Crippen LogP) is 6.55. The zero-order chi connectivity index (χ0) is 26.4. The lowest BCUT2D eigenvalue weighted by Crippen LogP contribution is -2.07. The number of ether oxygens (including phenoxy) is 1. The fraction of sp³-hybridized carbons (Fsp3) is 0.250. The summed E-state index contributed by atoms with van der Waals surface area (Å²) in [6.45, 7) is 4.98. The number of carbonyl (C=O) groups excluding carboxylic acids is 1. The molecular formula is C28H26F3N3O3. The molecule has 0 atom stereocenters. The number of benzene rings is 2. The lowest BCUT2D eigenvalue weighted by atomic mass is 10.1. The summed E-state index contributed by atoms with van der Waals surface area (Å²) in [5.74, 6) is 2.30. The molecule has 0 saturated carbocycles. The second-order valence-electron chi connectivity index (χ2n) is 8.59. The molecule has 0 N–H and O–H groups in total. The topological polar surface area (TPSA) is 70.2 Å². The van der Waals surface area contributed by atoms with Crippen molar-refractivity contribution in [2.45, 2.75) is 39.4 Å². The van der Waals surface area contributed by atoms with Crippen LogP contribution in [0.2, 0.25) is 0 Å². The van der Waals surface area contributed by atoms with Gasteiger partial charge in [0.2, 0.25) is 5.89 Å². The molecule has 4 rings (SSSR count). The van der Waals surface area contributed by atoms with Crippen molar-refractivity contribution in [1.29, 1.82) is 0 Å². The van der Waals surface area contributed by atoms with Crippen LogP contribution in [0.1, 0.15) is 56.6 Å². The summed E-state index contributed by atoms with van der Waals surface area (Å²) >= 11 is 0. The van der Waals surface area contributed by atoms with Gasteiger partial charge in [-0.2, -0.15) is 13.2 Å². The van der Waals surface area contributed by atoms with Crippen LogP contribution in [0.5, 0.6) is 5.75 Å². The maximum Gasteiger partial charge on any atom is 0.416 e. The molecule has 0 aliphatic heterocycles. The molecule has 0 fully saturated rings. The summed E-state index contributed by atoms with van der Waals surface area (Å²) in [7, 11) is 0. The number of aldehydes is 1. The minimum atomic E-state index is -4.36. The second kappa shape index (κ2) is 11.3. The van der Waals surface area contributed by atoms with Gasteiger partial charge < -0.3 is 13.7 Å². The van der Waals surface area contributed by atoms with Crippen LogP contribution in [0.3, 0.4) is 0 Å². The van der Waals surface area contributed by atoms with E-state index in [1.165, 1.54) is 12.1 Å². The third kappa shape index (κ3) is 6.75. The highest BCUT2D eigenvalue weighted by Gasteiger charge is 2.29. The number of hydrogen-bond acceptors (Lipinski definition) is 5. The Balaban J connectivity index is 1.33. The summed E-state index contributed by atoms with van der Waals surface area (Å²) in [6.07, 6.45) is 4.33. The van der Waals surface area contributed by atoms with Gasteiger partial charge >= 0.3 is 6.18 Å². The average Bonchev–Trinajstić information content (AvgIpc) is 3.47. The quantitative estimate of drug-likeness (QED) is 0.179. The monoisotopic (exact) mass is 509 g/mol. The average molecular weight is 510 g/mol. The van der Waals surface area contributed by atoms with Gasteiger partial charge in [0.15, 0.2) is 12.1 Å². The highest BCUT2D eigenvalue weighted by Crippen LogP contribution is 2.29. The largest absolute Gasteiger partial charge is 0.493 e. The van der Waals surface area contributed by atoms with E-state index in [4.69, 9.17) is 9.15 Å². The number of hydrogen-bond donors (Lipinski definition) is 0. The smallest absolute Gasteiger partial charge is 0.416 e. The number of halogens is 3. The molecule has 0 spiro atoms. The molecule has 0 amide bonds. The van der Waals surface area contributed by atoms with Gasteiger partial charge in [0.1, 0.15) is 11.5 Å². The molecule has 0 bridgehead atoms. The van der Waals surface area contributed by atoms with Gasteiger partial charge in [-0.15, -0.1) is 0 Å². The minimum absolute atomic E-state index is 0.389. The third-order valence-corrected chi connectivity index (χ3v) is 5.82. The number of imidazole rings is 1. The van der Waals surface area contributed by atoms with Crippen molar-refractivity contribution < 1.29 is 27.1 Å². The summed E-state index contributed by atoms with van der Waals surface area (Å²) in [6, 6.07) is 10.8. The molecular weight excluding hydrogens is 483 g/mol. The lowest BCUT2D eigenvalue weighted by Gasteiger charge is -2.11. The van der Waals surface area contributed by atoms with Crippen LogP contribution in [0.25, 0.3) is 12.2 Å². The first-order valence-electron chi connectivity index (χ1n) is 11.7. The molecule has 9 heteroatoms. The number of oxazole rings is 1. The molecule has 192 valence electrons. The minimum Gasteiger partial charge on any atom is -0.493 e. The normalized spacial score (nSPS) is 11.8. The number of aromatic nitrogens is 3. The van der Waals surface area contributed by atoms with E-state index >= 15 is 0 Å². The molecule has 2 heterocycles. The molecule has 0 aliphatic rings. The first-order valence-corrected chi connectivity index (χ1v) is 11.7. The fourth-order valence-electron chi connectivity index (χ4n) is 3.85. The first-order chi connectivity index (χ1) is 17.7. The molecule has 2 aromatic heterocycles. The van der Waals surface area contributed by atoms with Crippen molar-refractivity contribution in [3.05, 3.63) is 100 Å². The van der Waals surface area contributed by atoms with Crippen molar-refractivity contribution >= 4 is 18.4 Å². The zero-order valence-corrected chi connectivity index (χ0v) is 20.5. The molecule has 0 aliphatic carbocycles. The van der Waals surface area contributed by atoms with Gasteiger partial charge in [0, 0.05) is 31.4 Å². The highest BCUT2D eigenvalue weighted by atomic mass is 19.4. The van der Waals surface area contributed by atoms with E-state index in [1.54, 1.807) is 29.1 Å². The lowest BCUT2D eigenvalue weighted by molar-refractivity contribution is -0.137. The van der Waals surface area contributed by atoms with Crippen LogP contribution < -0.4 is 4.74 Å². The van der Waals surface area contributed by atoms with Crippen molar-refractivity contribution in [1.82, 2.24) is 14.5 Å². The van der Waals surface area contributed by atoms with E-state index in [2.05, 4.69) is 9.97 Å². The van der Waals surface area contributed by atoms with Crippen LogP contribution in [-0.4, -0.2) is 27.4 Å². The van der Waals surface area contributed by atoms with Crippen LogP contribution in [0, 0.1) is 13.8 Å². The van der Waals surface area contributed by atoms with Gasteiger partial charge in [0.25, 0.3) is 0 Å². The van der Waals surface area contributed by atoms with Crippen molar-refractivity contribution in [3.8, 4) is 5.75 Å². The predicted molar refractivity (Wildman–Crippen MR) is 133 cm³/mol. The SMILES string of the molecule is Cc1cc(Cc2oc(/C=C/c3ccc(C(F)(F)F)cc3)nc2C)ccc1OCCCn1ccnc1C=O. The second-order valence-corrected chi connectivity index (χ2v) is 8.59. The Morgan fingerprint density at radius 1 is 1.08 bits per heavy atom. The maximum atomic E-state index is 12.7. The summed E-state index contributed by atoms with van der Waals surface area (Å²) in [4.78, 5) is 19.3. The van der Waals surface area contributed by atoms with E-state index in [9.17, 15) is 18.0 Å². The molecule has 4 aromatic rings. The van der Waals surface area contributed by atoms with Gasteiger partial charge in [-0.25, -0.2) is 9.97 Å². The third-order valence-electron chi connectivity index (χ3n) is 5.82. The van der Waals surface area contributed by atoms with Crippen LogP contribution in [-0.2, 0) is 19.1 Å². The Labute approximate surface area is 212 Å². The zero-order valence-electron chi connectivity index (χ0n) is 20.5. The fourth-order valence-corrected chi connectivity index (χ4v) is 3.85. The first kappa shape index (κ1) is 25.9. The van der Waals surface area contributed by atoms with Gasteiger partial charge in [-0.3, -0.25) is 4.79 Å². The highest BCUT2D eigenvalue weighted by molar-refractivity contribution is 5.69. The van der Waals surface area contributed by atoms with Gasteiger partial charge in [0.05, 0.1) is 17.9 Å². The van der Waals surface area contributed by atoms with E-state index in [1.807, 2.05) is 32.0 Å². The number of aryl methyl sites for hydroxylation is 3. The van der Waals surface area contributed by atoms with Crippen LogP contribution in [0.4, 0.5) is 13.2 Å². The molecule has 0 radical (unpaired) electrons. The Kier molecular flexibility index (Phi) is 7.91. The van der Waals surface area contributed by atoms with E-state index in [0.29, 0.717) is 42.6 Å². The maximum absolute atomic E-state index is 12.7. The van der Waals surface area contributed by atoms with Crippen molar-refractivity contribution in [2.24, 2.45) is 0 Å². The number of alkyl halides is 3. The molecule has 37 heavy (non-hydrogen) atoms. The number of carbonyl (C=O) groups is 1. The molecule has 0 unspecified atom stereocenters. The Morgan fingerprint density at radius 3 is 2.57 bits per heavy atom. The Morgan fingerprint density at radius 2 is 1.86 bits per heavy atom. The van der Waals surface area contributed by atoms with E-state index in [0.717, 1.165) is 47.4 Å². The molecule has 0 saturated heterocycles. The van der Waals surface area contributed by atoms with Crippen molar-refractivity contribution in [2.75, 3.05) is 6.61 Å². The Hall–Kier alpha value is -4.14. The van der Waals surface area contributed by atoms with E-state index < -0.39 is 11.7 Å². The van der Waals surface area contributed by atoms with E-state index in [-0.39, 0.29) is 0 Å². The summed E-state index contributed by atoms with van der Waals surface area (Å²) < 4.78 is 51.8. The number of nitrogens with zero attached hydrogens (tertiary/aromatic N) is 3. The van der Waals surface area contributed by atoms with Crippen molar-refractivity contribution in [3.63, 3.8) is 0 Å². The molecule has 6 nitrogen and oxygen atoms in total. The molecule has 2 aromatic carbocycles. The Bertz CT molecular complexity index is 1390. The summed E-state index contributed by atoms with van der Waals surface area (Å²) in [5.41, 5.74) is 2.71.